The number of anilines is 3. The van der Waals surface area contributed by atoms with E-state index in [0.717, 1.165) is 61.7 Å². The molecule has 6 rings (SSSR count). The van der Waals surface area contributed by atoms with Gasteiger partial charge < -0.3 is 20.4 Å². The molecule has 3 aromatic rings. The van der Waals surface area contributed by atoms with Crippen LogP contribution >= 0.6 is 11.6 Å². The minimum atomic E-state index is -3.72. The highest BCUT2D eigenvalue weighted by Crippen LogP contribution is 2.37. The van der Waals surface area contributed by atoms with Crippen molar-refractivity contribution in [3.8, 4) is 0 Å². The van der Waals surface area contributed by atoms with E-state index < -0.39 is 10.0 Å². The van der Waals surface area contributed by atoms with Crippen molar-refractivity contribution in [1.29, 1.82) is 0 Å². The molecule has 0 radical (unpaired) electrons. The van der Waals surface area contributed by atoms with Gasteiger partial charge in [0.2, 0.25) is 10.0 Å². The number of hydrogen-bond acceptors (Lipinski definition) is 8. The van der Waals surface area contributed by atoms with Crippen LogP contribution in [-0.4, -0.2) is 78.8 Å². The van der Waals surface area contributed by atoms with Crippen molar-refractivity contribution in [3.63, 3.8) is 0 Å². The van der Waals surface area contributed by atoms with Crippen LogP contribution < -0.4 is 20.3 Å². The van der Waals surface area contributed by atoms with Gasteiger partial charge >= 0.3 is 0 Å². The molecular weight excluding hydrogens is 552 g/mol. The van der Waals surface area contributed by atoms with Crippen LogP contribution in [0, 0.1) is 6.92 Å². The van der Waals surface area contributed by atoms with Crippen molar-refractivity contribution in [2.45, 2.75) is 51.1 Å². The van der Waals surface area contributed by atoms with E-state index in [2.05, 4.69) is 9.62 Å². The summed E-state index contributed by atoms with van der Waals surface area (Å²) in [4.78, 5) is 25.1. The first kappa shape index (κ1) is 27.1. The zero-order valence-corrected chi connectivity index (χ0v) is 24.4. The number of piperidine rings is 1. The van der Waals surface area contributed by atoms with Crippen LogP contribution in [-0.2, 0) is 10.0 Å². The van der Waals surface area contributed by atoms with Crippen molar-refractivity contribution in [2.24, 2.45) is 5.73 Å². The molecule has 0 spiro atoms. The number of carbonyl (C=O) groups excluding carboxylic acids is 1. The van der Waals surface area contributed by atoms with Gasteiger partial charge in [0.1, 0.15) is 11.6 Å². The molecule has 2 atom stereocenters. The van der Waals surface area contributed by atoms with Crippen molar-refractivity contribution in [2.75, 3.05) is 53.5 Å². The zero-order valence-electron chi connectivity index (χ0n) is 22.8. The lowest BCUT2D eigenvalue weighted by Gasteiger charge is -2.35. The monoisotopic (exact) mass is 586 g/mol. The fourth-order valence-electron chi connectivity index (χ4n) is 6.21. The smallest absolute Gasteiger partial charge is 0.256 e. The highest BCUT2D eigenvalue weighted by molar-refractivity contribution is 7.92. The van der Waals surface area contributed by atoms with Crippen LogP contribution in [0.3, 0.4) is 0 Å². The molecule has 40 heavy (non-hydrogen) atoms. The van der Waals surface area contributed by atoms with E-state index in [4.69, 9.17) is 27.4 Å². The molecule has 1 unspecified atom stereocenters. The molecule has 0 aliphatic carbocycles. The minimum absolute atomic E-state index is 0.0977. The summed E-state index contributed by atoms with van der Waals surface area (Å²) in [5.41, 5.74) is 9.13. The van der Waals surface area contributed by atoms with Crippen LogP contribution in [0.2, 0.25) is 5.02 Å². The summed E-state index contributed by atoms with van der Waals surface area (Å²) in [6.45, 7) is 4.60. The van der Waals surface area contributed by atoms with E-state index in [1.807, 2.05) is 29.5 Å². The van der Waals surface area contributed by atoms with Gasteiger partial charge in [-0.15, -0.1) is 0 Å². The summed E-state index contributed by atoms with van der Waals surface area (Å²) in [6, 6.07) is 6.50. The standard InChI is InChI=1S/C27H35ClN8O3S/c1-17-25(34-12-9-19(29)16-34)30-24-15-22-23-6-3-4-11-35(23)27(37)20-14-18(28)7-8-21(20)32-40(38,39)13-5-10-33(2)26(17)36(24)31-22/h7-8,14-15,19,23,32H,3-6,9-13,16,29H2,1-2H3/t19-,23?/m0/s1. The molecular formula is C27H35ClN8O3S. The summed E-state index contributed by atoms with van der Waals surface area (Å²) in [5, 5.41) is 5.40. The molecule has 0 saturated carbocycles. The first-order valence-electron chi connectivity index (χ1n) is 13.8. The molecule has 3 aliphatic heterocycles. The van der Waals surface area contributed by atoms with Crippen molar-refractivity contribution >= 4 is 50.5 Å². The largest absolute Gasteiger partial charge is 0.359 e. The Labute approximate surface area is 239 Å². The second kappa shape index (κ2) is 10.4. The fraction of sp³-hybridized carbons (Fsp3) is 0.519. The Balaban J connectivity index is 1.52. The van der Waals surface area contributed by atoms with E-state index in [0.29, 0.717) is 30.2 Å². The number of fused-ring (bicyclic) bond motifs is 4. The summed E-state index contributed by atoms with van der Waals surface area (Å²) >= 11 is 6.29. The zero-order chi connectivity index (χ0) is 28.2. The number of aromatic nitrogens is 3. The van der Waals surface area contributed by atoms with E-state index in [1.54, 1.807) is 23.1 Å². The Morgan fingerprint density at radius 3 is 2.70 bits per heavy atom. The lowest BCUT2D eigenvalue weighted by Crippen LogP contribution is -2.39. The summed E-state index contributed by atoms with van der Waals surface area (Å²) < 4.78 is 30.8. The normalized spacial score (nSPS) is 23.5. The molecule has 2 bridgehead atoms. The minimum Gasteiger partial charge on any atom is -0.359 e. The van der Waals surface area contributed by atoms with Gasteiger partial charge in [0.15, 0.2) is 5.65 Å². The predicted octanol–water partition coefficient (Wildman–Crippen LogP) is 3.18. The number of rotatable bonds is 1. The maximum atomic E-state index is 14.0. The third kappa shape index (κ3) is 4.97. The maximum Gasteiger partial charge on any atom is 0.256 e. The van der Waals surface area contributed by atoms with Gasteiger partial charge in [0.05, 0.1) is 28.7 Å². The average Bonchev–Trinajstić information content (AvgIpc) is 3.54. The van der Waals surface area contributed by atoms with Gasteiger partial charge in [-0.2, -0.15) is 9.61 Å². The first-order valence-corrected chi connectivity index (χ1v) is 15.9. The molecule has 3 N–H and O–H groups in total. The van der Waals surface area contributed by atoms with Gasteiger partial charge in [-0.1, -0.05) is 11.6 Å². The Hall–Kier alpha value is -3.09. The average molecular weight is 587 g/mol. The van der Waals surface area contributed by atoms with E-state index in [1.165, 1.54) is 0 Å². The van der Waals surface area contributed by atoms with Gasteiger partial charge in [0, 0.05) is 55.9 Å². The maximum absolute atomic E-state index is 14.0. The summed E-state index contributed by atoms with van der Waals surface area (Å²) in [7, 11) is -1.77. The molecule has 2 aromatic heterocycles. The van der Waals surface area contributed by atoms with Crippen LogP contribution in [0.5, 0.6) is 0 Å². The predicted molar refractivity (Wildman–Crippen MR) is 157 cm³/mol. The number of hydrogen-bond donors (Lipinski definition) is 2. The molecule has 1 amide bonds. The quantitative estimate of drug-likeness (QED) is 0.445. The van der Waals surface area contributed by atoms with Crippen molar-refractivity contribution < 1.29 is 13.2 Å². The van der Waals surface area contributed by atoms with Gasteiger partial charge in [0.25, 0.3) is 5.91 Å². The van der Waals surface area contributed by atoms with E-state index in [9.17, 15) is 13.2 Å². The topological polar surface area (TPSA) is 129 Å². The number of amides is 1. The van der Waals surface area contributed by atoms with Crippen LogP contribution in [0.15, 0.2) is 24.3 Å². The lowest BCUT2D eigenvalue weighted by atomic mass is 9.98. The fourth-order valence-corrected chi connectivity index (χ4v) is 7.51. The van der Waals surface area contributed by atoms with Gasteiger partial charge in [-0.25, -0.2) is 13.4 Å². The highest BCUT2D eigenvalue weighted by atomic mass is 35.5. The molecule has 3 aliphatic rings. The van der Waals surface area contributed by atoms with Crippen LogP contribution in [0.4, 0.5) is 17.3 Å². The summed E-state index contributed by atoms with van der Waals surface area (Å²) in [6.07, 6.45) is 3.82. The SMILES string of the molecule is Cc1c(N2CC[C@H](N)C2)nc2cc3nn2c1N(C)CCCS(=O)(=O)Nc1ccc(Cl)cc1C(=O)N1CCCCC31. The highest BCUT2D eigenvalue weighted by Gasteiger charge is 2.34. The van der Waals surface area contributed by atoms with Gasteiger partial charge in [-0.3, -0.25) is 9.52 Å². The molecule has 2 fully saturated rings. The number of sulfonamides is 1. The van der Waals surface area contributed by atoms with E-state index >= 15 is 0 Å². The Morgan fingerprint density at radius 2 is 1.93 bits per heavy atom. The lowest BCUT2D eigenvalue weighted by molar-refractivity contribution is 0.0607. The number of nitrogens with two attached hydrogens (primary N) is 1. The molecule has 1 aromatic carbocycles. The van der Waals surface area contributed by atoms with Crippen LogP contribution in [0.25, 0.3) is 5.65 Å². The molecule has 214 valence electrons. The molecule has 5 heterocycles. The number of nitrogens with one attached hydrogen (secondary N) is 1. The van der Waals surface area contributed by atoms with Crippen molar-refractivity contribution in [3.05, 3.63) is 46.1 Å². The number of carbonyl (C=O) groups is 1. The first-order chi connectivity index (χ1) is 19.1. The van der Waals surface area contributed by atoms with Crippen molar-refractivity contribution in [1.82, 2.24) is 19.5 Å². The third-order valence-corrected chi connectivity index (χ3v) is 9.77. The van der Waals surface area contributed by atoms with E-state index in [-0.39, 0.29) is 35.0 Å². The number of halogens is 1. The second-order valence-electron chi connectivity index (χ2n) is 11.1. The number of nitrogens with zero attached hydrogens (tertiary/aromatic N) is 6. The molecule has 2 saturated heterocycles. The van der Waals surface area contributed by atoms with Crippen LogP contribution in [0.1, 0.15) is 59.8 Å². The molecule has 11 nitrogen and oxygen atoms in total. The second-order valence-corrected chi connectivity index (χ2v) is 13.4. The number of benzene rings is 1. The molecule has 13 heteroatoms. The van der Waals surface area contributed by atoms with Gasteiger partial charge in [-0.05, 0) is 57.2 Å². The summed E-state index contributed by atoms with van der Waals surface area (Å²) in [5.74, 6) is 1.34. The Morgan fingerprint density at radius 1 is 1.10 bits per heavy atom. The third-order valence-electron chi connectivity index (χ3n) is 8.18. The Bertz CT molecular complexity index is 1580. The Kier molecular flexibility index (Phi) is 7.04.